The third-order valence-electron chi connectivity index (χ3n) is 4.50. The second-order valence-electron chi connectivity index (χ2n) is 6.43. The smallest absolute Gasteiger partial charge is 0.151 e. The highest BCUT2D eigenvalue weighted by Crippen LogP contribution is 2.27. The van der Waals surface area contributed by atoms with Crippen LogP contribution in [-0.4, -0.2) is 47.2 Å². The Hall–Kier alpha value is -1.99. The molecule has 0 saturated carbocycles. The highest BCUT2D eigenvalue weighted by molar-refractivity contribution is 7.91. The lowest BCUT2D eigenvalue weighted by Gasteiger charge is -2.26. The highest BCUT2D eigenvalue weighted by atomic mass is 32.2. The van der Waals surface area contributed by atoms with Gasteiger partial charge in [-0.3, -0.25) is 9.58 Å². The van der Waals surface area contributed by atoms with Crippen molar-refractivity contribution in [2.45, 2.75) is 19.0 Å². The Bertz CT molecular complexity index is 876. The van der Waals surface area contributed by atoms with Gasteiger partial charge in [-0.05, 0) is 18.6 Å². The first-order chi connectivity index (χ1) is 11.9. The number of halogens is 1. The first kappa shape index (κ1) is 17.8. The normalized spacial score (nSPS) is 19.4. The van der Waals surface area contributed by atoms with Gasteiger partial charge in [0.05, 0.1) is 17.2 Å². The van der Waals surface area contributed by atoms with Crippen LogP contribution < -0.4 is 0 Å². The molecule has 5 nitrogen and oxygen atoms in total. The van der Waals surface area contributed by atoms with Gasteiger partial charge in [0.15, 0.2) is 9.84 Å². The zero-order valence-electron chi connectivity index (χ0n) is 14.2. The molecule has 0 amide bonds. The fraction of sp³-hybridized carbons (Fsp3) is 0.389. The van der Waals surface area contributed by atoms with E-state index in [2.05, 4.69) is 16.6 Å². The maximum absolute atomic E-state index is 14.2. The molecular weight excluding hydrogens is 341 g/mol. The summed E-state index contributed by atoms with van der Waals surface area (Å²) >= 11 is 0. The minimum Gasteiger partial charge on any atom is -0.291 e. The molecule has 0 bridgehead atoms. The second-order valence-corrected chi connectivity index (χ2v) is 8.66. The predicted octanol–water partition coefficient (Wildman–Crippen LogP) is 2.40. The van der Waals surface area contributed by atoms with Gasteiger partial charge in [-0.15, -0.1) is 6.58 Å². The Morgan fingerprint density at radius 1 is 1.44 bits per heavy atom. The van der Waals surface area contributed by atoms with Gasteiger partial charge >= 0.3 is 0 Å². The van der Waals surface area contributed by atoms with E-state index in [9.17, 15) is 12.8 Å². The van der Waals surface area contributed by atoms with E-state index in [1.807, 2.05) is 6.20 Å². The van der Waals surface area contributed by atoms with Gasteiger partial charge in [-0.1, -0.05) is 18.2 Å². The molecule has 1 atom stereocenters. The van der Waals surface area contributed by atoms with Crippen LogP contribution in [0.1, 0.15) is 12.0 Å². The summed E-state index contributed by atoms with van der Waals surface area (Å²) in [6.45, 7) is 4.86. The molecule has 7 heteroatoms. The van der Waals surface area contributed by atoms with E-state index in [4.69, 9.17) is 0 Å². The van der Waals surface area contributed by atoms with Crippen LogP contribution in [0.15, 0.2) is 43.1 Å². The van der Waals surface area contributed by atoms with Crippen molar-refractivity contribution >= 4 is 9.84 Å². The molecule has 0 N–H and O–H groups in total. The lowest BCUT2D eigenvalue weighted by Crippen LogP contribution is -2.35. The number of aromatic nitrogens is 2. The van der Waals surface area contributed by atoms with Crippen molar-refractivity contribution in [2.24, 2.45) is 7.05 Å². The summed E-state index contributed by atoms with van der Waals surface area (Å²) in [5.41, 5.74) is 1.92. The van der Waals surface area contributed by atoms with Crippen LogP contribution in [-0.2, 0) is 23.4 Å². The van der Waals surface area contributed by atoms with E-state index >= 15 is 0 Å². The standard InChI is InChI=1S/C18H22FN3O2S/c1-3-9-22(15-8-10-25(23,24)13-15)12-14-11-21(2)20-18(14)16-6-4-5-7-17(16)19/h3-7,11,15H,1,8-10,12-13H2,2H3/t15-/m1/s1. The van der Waals surface area contributed by atoms with E-state index in [1.54, 1.807) is 36.0 Å². The molecule has 1 aromatic heterocycles. The van der Waals surface area contributed by atoms with Crippen LogP contribution in [0.25, 0.3) is 11.3 Å². The third-order valence-corrected chi connectivity index (χ3v) is 6.25. The van der Waals surface area contributed by atoms with Gasteiger partial charge in [0.1, 0.15) is 5.82 Å². The third kappa shape index (κ3) is 3.99. The minimum atomic E-state index is -2.97. The summed E-state index contributed by atoms with van der Waals surface area (Å²) in [4.78, 5) is 2.08. The lowest BCUT2D eigenvalue weighted by atomic mass is 10.1. The Kier molecular flexibility index (Phi) is 5.06. The van der Waals surface area contributed by atoms with Crippen molar-refractivity contribution in [1.82, 2.24) is 14.7 Å². The molecule has 1 aliphatic rings. The van der Waals surface area contributed by atoms with E-state index < -0.39 is 9.84 Å². The van der Waals surface area contributed by atoms with Gasteiger partial charge in [-0.25, -0.2) is 12.8 Å². The van der Waals surface area contributed by atoms with Gasteiger partial charge < -0.3 is 0 Å². The number of benzene rings is 1. The van der Waals surface area contributed by atoms with Gasteiger partial charge in [0.25, 0.3) is 0 Å². The summed E-state index contributed by atoms with van der Waals surface area (Å²) in [6, 6.07) is 6.51. The molecule has 1 fully saturated rings. The van der Waals surface area contributed by atoms with Crippen LogP contribution in [0.2, 0.25) is 0 Å². The van der Waals surface area contributed by atoms with Crippen molar-refractivity contribution in [3.8, 4) is 11.3 Å². The second kappa shape index (κ2) is 7.09. The summed E-state index contributed by atoms with van der Waals surface area (Å²) in [5, 5.41) is 4.42. The zero-order valence-corrected chi connectivity index (χ0v) is 15.0. The quantitative estimate of drug-likeness (QED) is 0.740. The van der Waals surface area contributed by atoms with Crippen molar-refractivity contribution in [3.05, 3.63) is 54.5 Å². The maximum Gasteiger partial charge on any atom is 0.151 e. The molecule has 1 saturated heterocycles. The molecule has 25 heavy (non-hydrogen) atoms. The van der Waals surface area contributed by atoms with Crippen molar-refractivity contribution in [3.63, 3.8) is 0 Å². The van der Waals surface area contributed by atoms with E-state index in [0.717, 1.165) is 5.56 Å². The Balaban J connectivity index is 1.91. The number of aryl methyl sites for hydroxylation is 1. The number of rotatable bonds is 6. The first-order valence-electron chi connectivity index (χ1n) is 8.22. The molecule has 2 heterocycles. The molecule has 1 aliphatic heterocycles. The number of hydrogen-bond acceptors (Lipinski definition) is 4. The molecule has 0 unspecified atom stereocenters. The highest BCUT2D eigenvalue weighted by Gasteiger charge is 2.32. The Labute approximate surface area is 147 Å². The molecular formula is C18H22FN3O2S. The van der Waals surface area contributed by atoms with Gasteiger partial charge in [0.2, 0.25) is 0 Å². The fourth-order valence-electron chi connectivity index (χ4n) is 3.32. The minimum absolute atomic E-state index is 0.0447. The molecule has 0 aliphatic carbocycles. The Morgan fingerprint density at radius 3 is 2.84 bits per heavy atom. The summed E-state index contributed by atoms with van der Waals surface area (Å²) in [5.74, 6) is 0.0652. The van der Waals surface area contributed by atoms with Crippen LogP contribution in [0.3, 0.4) is 0 Å². The molecule has 2 aromatic rings. The number of hydrogen-bond donors (Lipinski definition) is 0. The first-order valence-corrected chi connectivity index (χ1v) is 10.0. The lowest BCUT2D eigenvalue weighted by molar-refractivity contribution is 0.227. The van der Waals surface area contributed by atoms with Crippen LogP contribution in [0.5, 0.6) is 0 Å². The topological polar surface area (TPSA) is 55.2 Å². The van der Waals surface area contributed by atoms with Crippen LogP contribution in [0, 0.1) is 5.82 Å². The summed E-state index contributed by atoms with van der Waals surface area (Å²) in [6.07, 6.45) is 4.25. The van der Waals surface area contributed by atoms with Crippen LogP contribution >= 0.6 is 0 Å². The average Bonchev–Trinajstić information content (AvgIpc) is 3.09. The van der Waals surface area contributed by atoms with Crippen LogP contribution in [0.4, 0.5) is 4.39 Å². The van der Waals surface area contributed by atoms with E-state index in [0.29, 0.717) is 30.8 Å². The molecule has 1 aromatic carbocycles. The van der Waals surface area contributed by atoms with Gasteiger partial charge in [0, 0.05) is 43.5 Å². The van der Waals surface area contributed by atoms with Crippen molar-refractivity contribution < 1.29 is 12.8 Å². The predicted molar refractivity (Wildman–Crippen MR) is 96.3 cm³/mol. The summed E-state index contributed by atoms with van der Waals surface area (Å²) < 4.78 is 39.5. The molecule has 3 rings (SSSR count). The van der Waals surface area contributed by atoms with Crippen molar-refractivity contribution in [1.29, 1.82) is 0 Å². The fourth-order valence-corrected chi connectivity index (χ4v) is 5.09. The average molecular weight is 363 g/mol. The SMILES string of the molecule is C=CCN(Cc1cn(C)nc1-c1ccccc1F)[C@@H]1CCS(=O)(=O)C1. The van der Waals surface area contributed by atoms with Crippen molar-refractivity contribution in [2.75, 3.05) is 18.1 Å². The molecule has 0 spiro atoms. The molecule has 134 valence electrons. The summed E-state index contributed by atoms with van der Waals surface area (Å²) in [7, 11) is -1.17. The zero-order chi connectivity index (χ0) is 18.0. The largest absolute Gasteiger partial charge is 0.291 e. The Morgan fingerprint density at radius 2 is 2.20 bits per heavy atom. The maximum atomic E-state index is 14.2. The number of nitrogens with zero attached hydrogens (tertiary/aromatic N) is 3. The molecule has 0 radical (unpaired) electrons. The number of sulfone groups is 1. The van der Waals surface area contributed by atoms with E-state index in [1.165, 1.54) is 6.07 Å². The van der Waals surface area contributed by atoms with E-state index in [-0.39, 0.29) is 23.4 Å². The van der Waals surface area contributed by atoms with Gasteiger partial charge in [-0.2, -0.15) is 5.10 Å². The monoisotopic (exact) mass is 363 g/mol.